The number of hydrogen-bond acceptors (Lipinski definition) is 7. The van der Waals surface area contributed by atoms with Crippen molar-refractivity contribution < 1.29 is 18.4 Å². The molecule has 0 bridgehead atoms. The molecule has 9 heteroatoms. The van der Waals surface area contributed by atoms with Crippen LogP contribution in [0.5, 0.6) is 0 Å². The standard InChI is InChI=1S/C22H28FN5O3/c1-13(2)25-18-10-14(6-7-15(18)11-24)19-26-20(31-27-19)16-8-9-28(12-17(16)23)21(29)30-22(3,4)5/h6-7,10-13,16,24-25H,8-9H2,1-5H3. The molecule has 2 aromatic rings. The molecular weight excluding hydrogens is 401 g/mol. The Morgan fingerprint density at radius 3 is 2.77 bits per heavy atom. The lowest BCUT2D eigenvalue weighted by molar-refractivity contribution is 0.0312. The first-order valence-electron chi connectivity index (χ1n) is 10.2. The van der Waals surface area contributed by atoms with E-state index in [-0.39, 0.29) is 18.5 Å². The Bertz CT molecular complexity index is 993. The van der Waals surface area contributed by atoms with Crippen LogP contribution in [0, 0.1) is 5.41 Å². The summed E-state index contributed by atoms with van der Waals surface area (Å²) in [7, 11) is 0. The molecule has 1 aromatic carbocycles. The molecule has 1 amide bonds. The van der Waals surface area contributed by atoms with E-state index < -0.39 is 23.4 Å². The highest BCUT2D eigenvalue weighted by molar-refractivity contribution is 5.87. The molecule has 2 heterocycles. The Kier molecular flexibility index (Phi) is 6.42. The first-order chi connectivity index (χ1) is 14.6. The predicted octanol–water partition coefficient (Wildman–Crippen LogP) is 5.09. The van der Waals surface area contributed by atoms with Crippen molar-refractivity contribution in [2.45, 2.75) is 58.6 Å². The minimum atomic E-state index is -0.714. The second-order valence-corrected chi connectivity index (χ2v) is 8.73. The van der Waals surface area contributed by atoms with Crippen LogP contribution in [0.2, 0.25) is 0 Å². The predicted molar refractivity (Wildman–Crippen MR) is 116 cm³/mol. The van der Waals surface area contributed by atoms with Crippen molar-refractivity contribution in [2.24, 2.45) is 0 Å². The molecule has 1 aliphatic rings. The van der Waals surface area contributed by atoms with Gasteiger partial charge in [0.25, 0.3) is 0 Å². The molecule has 0 radical (unpaired) electrons. The summed E-state index contributed by atoms with van der Waals surface area (Å²) in [6.45, 7) is 9.57. The summed E-state index contributed by atoms with van der Waals surface area (Å²) in [5, 5.41) is 14.9. The maximum atomic E-state index is 14.7. The van der Waals surface area contributed by atoms with Crippen LogP contribution >= 0.6 is 0 Å². The summed E-state index contributed by atoms with van der Waals surface area (Å²) in [6, 6.07) is 5.61. The summed E-state index contributed by atoms with van der Waals surface area (Å²) >= 11 is 0. The van der Waals surface area contributed by atoms with Crippen molar-refractivity contribution in [2.75, 3.05) is 11.9 Å². The second-order valence-electron chi connectivity index (χ2n) is 8.73. The van der Waals surface area contributed by atoms with Gasteiger partial charge in [-0.1, -0.05) is 17.3 Å². The topological polar surface area (TPSA) is 104 Å². The van der Waals surface area contributed by atoms with Crippen molar-refractivity contribution in [3.05, 3.63) is 41.7 Å². The molecule has 0 fully saturated rings. The molecule has 31 heavy (non-hydrogen) atoms. The summed E-state index contributed by atoms with van der Waals surface area (Å²) in [6.07, 6.45) is 2.12. The van der Waals surface area contributed by atoms with E-state index in [1.54, 1.807) is 32.9 Å². The number of halogens is 1. The number of ether oxygens (including phenoxy) is 1. The lowest BCUT2D eigenvalue weighted by atomic mass is 10.0. The van der Waals surface area contributed by atoms with Crippen LogP contribution < -0.4 is 5.32 Å². The highest BCUT2D eigenvalue weighted by atomic mass is 19.1. The van der Waals surface area contributed by atoms with E-state index in [4.69, 9.17) is 14.7 Å². The molecule has 1 aromatic heterocycles. The Hall–Kier alpha value is -3.23. The fraction of sp³-hybridized carbons (Fsp3) is 0.455. The number of benzene rings is 1. The number of anilines is 1. The number of rotatable bonds is 5. The van der Waals surface area contributed by atoms with Gasteiger partial charge in [-0.05, 0) is 47.1 Å². The van der Waals surface area contributed by atoms with Crippen LogP contribution in [-0.2, 0) is 4.74 Å². The molecule has 1 aliphatic heterocycles. The maximum Gasteiger partial charge on any atom is 0.414 e. The van der Waals surface area contributed by atoms with Gasteiger partial charge in [0.05, 0.1) is 5.92 Å². The lowest BCUT2D eigenvalue weighted by Gasteiger charge is -2.28. The zero-order chi connectivity index (χ0) is 22.8. The summed E-state index contributed by atoms with van der Waals surface area (Å²) in [4.78, 5) is 17.8. The van der Waals surface area contributed by atoms with Crippen LogP contribution in [0.25, 0.3) is 11.4 Å². The molecule has 8 nitrogen and oxygen atoms in total. The van der Waals surface area contributed by atoms with Crippen LogP contribution in [0.1, 0.15) is 58.4 Å². The van der Waals surface area contributed by atoms with E-state index in [1.807, 2.05) is 19.9 Å². The number of carbonyl (C=O) groups is 1. The SMILES string of the molecule is CC(C)Nc1cc(-c2noc(C3CCN(C(=O)OC(C)(C)C)C=C3F)n2)ccc1C=N. The van der Waals surface area contributed by atoms with Crippen molar-refractivity contribution in [3.8, 4) is 11.4 Å². The Balaban J connectivity index is 1.79. The molecule has 0 saturated carbocycles. The van der Waals surface area contributed by atoms with Gasteiger partial charge >= 0.3 is 6.09 Å². The lowest BCUT2D eigenvalue weighted by Crippen LogP contribution is -2.36. The molecule has 1 unspecified atom stereocenters. The van der Waals surface area contributed by atoms with Gasteiger partial charge in [0.1, 0.15) is 11.4 Å². The van der Waals surface area contributed by atoms with Gasteiger partial charge in [-0.2, -0.15) is 4.98 Å². The van der Waals surface area contributed by atoms with Crippen LogP contribution in [0.15, 0.2) is 34.7 Å². The van der Waals surface area contributed by atoms with Crippen molar-refractivity contribution >= 4 is 18.0 Å². The fourth-order valence-corrected chi connectivity index (χ4v) is 3.17. The molecule has 166 valence electrons. The monoisotopic (exact) mass is 429 g/mol. The maximum absolute atomic E-state index is 14.7. The van der Waals surface area contributed by atoms with E-state index in [0.717, 1.165) is 17.5 Å². The van der Waals surface area contributed by atoms with E-state index in [0.29, 0.717) is 17.8 Å². The Morgan fingerprint density at radius 1 is 1.42 bits per heavy atom. The second kappa shape index (κ2) is 8.87. The fourth-order valence-electron chi connectivity index (χ4n) is 3.17. The molecule has 0 saturated heterocycles. The van der Waals surface area contributed by atoms with E-state index in [2.05, 4.69) is 15.5 Å². The zero-order valence-electron chi connectivity index (χ0n) is 18.4. The normalized spacial score (nSPS) is 16.8. The van der Waals surface area contributed by atoms with Crippen LogP contribution in [-0.4, -0.2) is 45.5 Å². The first kappa shape index (κ1) is 22.5. The highest BCUT2D eigenvalue weighted by Gasteiger charge is 2.32. The third-order valence-electron chi connectivity index (χ3n) is 4.55. The zero-order valence-corrected chi connectivity index (χ0v) is 18.4. The van der Waals surface area contributed by atoms with Gasteiger partial charge in [-0.3, -0.25) is 4.90 Å². The minimum absolute atomic E-state index is 0.155. The Morgan fingerprint density at radius 2 is 2.16 bits per heavy atom. The number of allylic oxidation sites excluding steroid dienone is 1. The van der Waals surface area contributed by atoms with Crippen molar-refractivity contribution in [1.29, 1.82) is 5.41 Å². The van der Waals surface area contributed by atoms with Crippen molar-refractivity contribution in [1.82, 2.24) is 15.0 Å². The average Bonchev–Trinajstić information content (AvgIpc) is 3.16. The van der Waals surface area contributed by atoms with Gasteiger partial charge in [-0.25, -0.2) is 9.18 Å². The van der Waals surface area contributed by atoms with Crippen molar-refractivity contribution in [3.63, 3.8) is 0 Å². The smallest absolute Gasteiger partial charge is 0.414 e. The van der Waals surface area contributed by atoms with Gasteiger partial charge < -0.3 is 20.0 Å². The van der Waals surface area contributed by atoms with Crippen LogP contribution in [0.4, 0.5) is 14.9 Å². The average molecular weight is 429 g/mol. The molecule has 2 N–H and O–H groups in total. The van der Waals surface area contributed by atoms with Gasteiger partial charge in [0.2, 0.25) is 11.7 Å². The summed E-state index contributed by atoms with van der Waals surface area (Å²) < 4.78 is 25.4. The summed E-state index contributed by atoms with van der Waals surface area (Å²) in [5.41, 5.74) is 1.56. The van der Waals surface area contributed by atoms with E-state index in [1.165, 1.54) is 11.1 Å². The molecular formula is C22H28FN5O3. The number of nitrogens with one attached hydrogen (secondary N) is 2. The number of hydrogen-bond donors (Lipinski definition) is 2. The summed E-state index contributed by atoms with van der Waals surface area (Å²) in [5.74, 6) is -0.759. The molecule has 1 atom stereocenters. The van der Waals surface area contributed by atoms with E-state index in [9.17, 15) is 9.18 Å². The number of nitrogens with zero attached hydrogens (tertiary/aromatic N) is 3. The highest BCUT2D eigenvalue weighted by Crippen LogP contribution is 2.34. The Labute approximate surface area is 181 Å². The number of aromatic nitrogens is 2. The van der Waals surface area contributed by atoms with E-state index >= 15 is 0 Å². The minimum Gasteiger partial charge on any atom is -0.443 e. The molecule has 0 aliphatic carbocycles. The van der Waals surface area contributed by atoms with Gasteiger partial charge in [0.15, 0.2) is 0 Å². The van der Waals surface area contributed by atoms with Gasteiger partial charge in [-0.15, -0.1) is 0 Å². The quantitative estimate of drug-likeness (QED) is 0.642. The third-order valence-corrected chi connectivity index (χ3v) is 4.55. The number of carbonyl (C=O) groups excluding carboxylic acids is 1. The third kappa shape index (κ3) is 5.48. The molecule has 0 spiro atoms. The van der Waals surface area contributed by atoms with Crippen LogP contribution in [0.3, 0.4) is 0 Å². The molecule has 3 rings (SSSR count). The number of amides is 1. The van der Waals surface area contributed by atoms with Gasteiger partial charge in [0, 0.05) is 41.8 Å². The first-order valence-corrected chi connectivity index (χ1v) is 10.2. The largest absolute Gasteiger partial charge is 0.443 e.